The zero-order chi connectivity index (χ0) is 21.6. The molecule has 0 spiro atoms. The van der Waals surface area contributed by atoms with Crippen molar-refractivity contribution in [2.24, 2.45) is 0 Å². The summed E-state index contributed by atoms with van der Waals surface area (Å²) < 4.78 is 51.5. The van der Waals surface area contributed by atoms with E-state index in [2.05, 4.69) is 0 Å². The lowest BCUT2D eigenvalue weighted by Gasteiger charge is -2.32. The van der Waals surface area contributed by atoms with Crippen LogP contribution in [0.2, 0.25) is 5.82 Å². The number of hydrogen-bond acceptors (Lipinski definition) is 3. The molecule has 2 fully saturated rings. The van der Waals surface area contributed by atoms with Crippen LogP contribution in [-0.2, 0) is 19.5 Å². The standard InChI is InChI=1S/C21H27BF3NO3/c1-18(2)14-8-7-12(9-16(14)26(17(18)27)11-21(23,24)25)13-10-15(13)22-28-19(3,4)20(5,6)29-22/h7-9,13,15H,10-11H2,1-6H3/t13-,15+/m1/s1. The summed E-state index contributed by atoms with van der Waals surface area (Å²) in [5.74, 6) is -0.197. The Kier molecular flexibility index (Phi) is 4.29. The lowest BCUT2D eigenvalue weighted by molar-refractivity contribution is -0.134. The molecule has 0 unspecified atom stereocenters. The molecule has 158 valence electrons. The topological polar surface area (TPSA) is 38.8 Å². The Labute approximate surface area is 169 Å². The molecule has 0 radical (unpaired) electrons. The summed E-state index contributed by atoms with van der Waals surface area (Å²) >= 11 is 0. The maximum absolute atomic E-state index is 13.1. The zero-order valence-corrected chi connectivity index (χ0v) is 17.7. The highest BCUT2D eigenvalue weighted by atomic mass is 19.4. The van der Waals surface area contributed by atoms with E-state index in [0.717, 1.165) is 16.9 Å². The van der Waals surface area contributed by atoms with Gasteiger partial charge in [0.2, 0.25) is 5.91 Å². The van der Waals surface area contributed by atoms with Gasteiger partial charge >= 0.3 is 13.3 Å². The van der Waals surface area contributed by atoms with Gasteiger partial charge in [-0.2, -0.15) is 13.2 Å². The van der Waals surface area contributed by atoms with Crippen LogP contribution in [0.1, 0.15) is 65.0 Å². The van der Waals surface area contributed by atoms with Crippen LogP contribution in [0.15, 0.2) is 18.2 Å². The van der Waals surface area contributed by atoms with Gasteiger partial charge in [-0.05, 0) is 71.1 Å². The number of halogens is 3. The van der Waals surface area contributed by atoms with Gasteiger partial charge < -0.3 is 14.2 Å². The average molecular weight is 409 g/mol. The van der Waals surface area contributed by atoms with Gasteiger partial charge in [0.25, 0.3) is 0 Å². The molecule has 29 heavy (non-hydrogen) atoms. The van der Waals surface area contributed by atoms with Crippen LogP contribution in [0.4, 0.5) is 18.9 Å². The Balaban J connectivity index is 1.59. The monoisotopic (exact) mass is 409 g/mol. The first kappa shape index (κ1) is 20.7. The van der Waals surface area contributed by atoms with Crippen molar-refractivity contribution >= 4 is 18.7 Å². The van der Waals surface area contributed by atoms with Crippen molar-refractivity contribution in [2.45, 2.75) is 82.5 Å². The van der Waals surface area contributed by atoms with Gasteiger partial charge in [0.05, 0.1) is 16.6 Å². The summed E-state index contributed by atoms with van der Waals surface area (Å²) in [4.78, 5) is 13.5. The van der Waals surface area contributed by atoms with E-state index < -0.39 is 35.2 Å². The second-order valence-corrected chi connectivity index (χ2v) is 10.0. The Morgan fingerprint density at radius 2 is 1.69 bits per heavy atom. The van der Waals surface area contributed by atoms with Gasteiger partial charge in [-0.25, -0.2) is 0 Å². The number of carbonyl (C=O) groups excluding carboxylic acids is 1. The molecule has 0 bridgehead atoms. The van der Waals surface area contributed by atoms with Crippen LogP contribution in [0, 0.1) is 0 Å². The number of nitrogens with zero attached hydrogens (tertiary/aromatic N) is 1. The van der Waals surface area contributed by atoms with Gasteiger partial charge in [0.1, 0.15) is 6.54 Å². The molecule has 0 N–H and O–H groups in total. The molecular weight excluding hydrogens is 382 g/mol. The van der Waals surface area contributed by atoms with Crippen LogP contribution >= 0.6 is 0 Å². The summed E-state index contributed by atoms with van der Waals surface area (Å²) in [6, 6.07) is 5.49. The second kappa shape index (κ2) is 6.00. The van der Waals surface area contributed by atoms with Crippen molar-refractivity contribution in [3.63, 3.8) is 0 Å². The SMILES string of the molecule is CC1(C)C(=O)N(CC(F)(F)F)c2cc([C@H]3C[C@@H]3B3OC(C)(C)C(C)(C)O3)ccc21. The largest absolute Gasteiger partial charge is 0.461 e. The first-order chi connectivity index (χ1) is 13.1. The summed E-state index contributed by atoms with van der Waals surface area (Å²) in [6.45, 7) is 10.1. The van der Waals surface area contributed by atoms with Crippen molar-refractivity contribution in [3.05, 3.63) is 29.3 Å². The quantitative estimate of drug-likeness (QED) is 0.672. The number of alkyl halides is 3. The van der Waals surface area contributed by atoms with E-state index in [1.165, 1.54) is 0 Å². The van der Waals surface area contributed by atoms with Gasteiger partial charge in [0.15, 0.2) is 0 Å². The Morgan fingerprint density at radius 3 is 2.24 bits per heavy atom. The Bertz CT molecular complexity index is 849. The zero-order valence-electron chi connectivity index (χ0n) is 17.7. The molecule has 2 atom stereocenters. The summed E-state index contributed by atoms with van der Waals surface area (Å²) in [6.07, 6.45) is -3.60. The maximum atomic E-state index is 13.1. The third kappa shape index (κ3) is 3.28. The number of carbonyl (C=O) groups is 1. The molecule has 1 aromatic carbocycles. The van der Waals surface area contributed by atoms with Crippen molar-refractivity contribution in [2.75, 3.05) is 11.4 Å². The predicted octanol–water partition coefficient (Wildman–Crippen LogP) is 4.82. The molecule has 1 saturated carbocycles. The van der Waals surface area contributed by atoms with Crippen molar-refractivity contribution in [1.82, 2.24) is 0 Å². The third-order valence-electron chi connectivity index (χ3n) is 6.99. The van der Waals surface area contributed by atoms with E-state index in [1.807, 2.05) is 33.8 Å². The molecule has 1 aliphatic carbocycles. The summed E-state index contributed by atoms with van der Waals surface area (Å²) in [5.41, 5.74) is 0.151. The predicted molar refractivity (Wildman–Crippen MR) is 105 cm³/mol. The molecule has 8 heteroatoms. The van der Waals surface area contributed by atoms with Gasteiger partial charge in [-0.3, -0.25) is 4.79 Å². The number of anilines is 1. The van der Waals surface area contributed by atoms with E-state index in [1.54, 1.807) is 26.0 Å². The Hall–Kier alpha value is -1.54. The fourth-order valence-corrected chi connectivity index (χ4v) is 4.39. The molecule has 1 saturated heterocycles. The third-order valence-corrected chi connectivity index (χ3v) is 6.99. The summed E-state index contributed by atoms with van der Waals surface area (Å²) in [7, 11) is -0.331. The first-order valence-electron chi connectivity index (χ1n) is 10.0. The van der Waals surface area contributed by atoms with Crippen LogP contribution in [0.3, 0.4) is 0 Å². The van der Waals surface area contributed by atoms with E-state index >= 15 is 0 Å². The van der Waals surface area contributed by atoms with Crippen LogP contribution in [-0.4, -0.2) is 36.9 Å². The molecule has 2 heterocycles. The molecule has 0 aromatic heterocycles. The molecule has 4 rings (SSSR count). The Morgan fingerprint density at radius 1 is 1.10 bits per heavy atom. The number of fused-ring (bicyclic) bond motifs is 1. The van der Waals surface area contributed by atoms with Crippen LogP contribution in [0.25, 0.3) is 0 Å². The van der Waals surface area contributed by atoms with Crippen LogP contribution < -0.4 is 4.90 Å². The van der Waals surface area contributed by atoms with Gasteiger partial charge in [0, 0.05) is 11.5 Å². The highest BCUT2D eigenvalue weighted by Crippen LogP contribution is 2.59. The van der Waals surface area contributed by atoms with E-state index in [-0.39, 0.29) is 18.9 Å². The lowest BCUT2D eigenvalue weighted by Crippen LogP contribution is -2.41. The number of hydrogen-bond donors (Lipinski definition) is 0. The number of amides is 1. The first-order valence-corrected chi connectivity index (χ1v) is 10.0. The number of benzene rings is 1. The fraction of sp³-hybridized carbons (Fsp3) is 0.667. The minimum atomic E-state index is -4.45. The van der Waals surface area contributed by atoms with Gasteiger partial charge in [-0.15, -0.1) is 0 Å². The smallest absolute Gasteiger partial charge is 0.403 e. The van der Waals surface area contributed by atoms with Crippen molar-refractivity contribution < 1.29 is 27.3 Å². The summed E-state index contributed by atoms with van der Waals surface area (Å²) in [5, 5.41) is 0. The number of rotatable bonds is 3. The second-order valence-electron chi connectivity index (χ2n) is 10.0. The van der Waals surface area contributed by atoms with E-state index in [9.17, 15) is 18.0 Å². The fourth-order valence-electron chi connectivity index (χ4n) is 4.39. The maximum Gasteiger partial charge on any atom is 0.461 e. The molecule has 1 amide bonds. The highest BCUT2D eigenvalue weighted by Gasteiger charge is 2.60. The van der Waals surface area contributed by atoms with Crippen molar-refractivity contribution in [3.8, 4) is 0 Å². The molecule has 2 aliphatic heterocycles. The molecular formula is C21H27BF3NO3. The van der Waals surface area contributed by atoms with Crippen molar-refractivity contribution in [1.29, 1.82) is 0 Å². The minimum absolute atomic E-state index is 0.154. The lowest BCUT2D eigenvalue weighted by atomic mass is 9.79. The normalized spacial score (nSPS) is 29.3. The minimum Gasteiger partial charge on any atom is -0.403 e. The van der Waals surface area contributed by atoms with Gasteiger partial charge in [-0.1, -0.05) is 12.1 Å². The van der Waals surface area contributed by atoms with E-state index in [4.69, 9.17) is 9.31 Å². The van der Waals surface area contributed by atoms with E-state index in [0.29, 0.717) is 11.3 Å². The molecule has 1 aromatic rings. The molecule has 4 nitrogen and oxygen atoms in total. The highest BCUT2D eigenvalue weighted by molar-refractivity contribution is 6.49. The average Bonchev–Trinajstić information content (AvgIpc) is 3.29. The molecule has 3 aliphatic rings. The van der Waals surface area contributed by atoms with Crippen LogP contribution in [0.5, 0.6) is 0 Å².